The number of hydrogen-bond donors (Lipinski definition) is 2. The summed E-state index contributed by atoms with van der Waals surface area (Å²) in [5, 5.41) is 18.6. The first kappa shape index (κ1) is 6.96. The molecule has 0 aromatic carbocycles. The predicted octanol–water partition coefficient (Wildman–Crippen LogP) is -1.84. The van der Waals surface area contributed by atoms with E-state index in [1.54, 1.807) is 0 Å². The third-order valence-electron chi connectivity index (χ3n) is 0.752. The van der Waals surface area contributed by atoms with Crippen molar-refractivity contribution in [3.8, 4) is 0 Å². The fourth-order valence-electron chi connectivity index (χ4n) is 0.371. The van der Waals surface area contributed by atoms with Crippen LogP contribution in [0.1, 0.15) is 0 Å². The van der Waals surface area contributed by atoms with Gasteiger partial charge in [-0.05, 0) is 5.21 Å². The Morgan fingerprint density at radius 1 is 1.70 bits per heavy atom. The minimum Gasteiger partial charge on any atom is -0.410 e. The minimum atomic E-state index is -3.84. The highest BCUT2D eigenvalue weighted by molar-refractivity contribution is 7.89. The molecule has 0 unspecified atom stereocenters. The molecule has 7 nitrogen and oxygen atoms in total. The van der Waals surface area contributed by atoms with Gasteiger partial charge in [0.2, 0.25) is 5.03 Å². The van der Waals surface area contributed by atoms with Crippen molar-refractivity contribution in [2.75, 3.05) is 0 Å². The van der Waals surface area contributed by atoms with E-state index in [1.807, 2.05) is 0 Å². The van der Waals surface area contributed by atoms with Crippen LogP contribution in [0.3, 0.4) is 0 Å². The number of aromatic nitrogens is 3. The number of primary sulfonamides is 1. The van der Waals surface area contributed by atoms with Crippen molar-refractivity contribution in [2.45, 2.75) is 5.03 Å². The molecule has 1 heterocycles. The van der Waals surface area contributed by atoms with Crippen molar-refractivity contribution in [1.29, 1.82) is 0 Å². The van der Waals surface area contributed by atoms with Crippen molar-refractivity contribution in [1.82, 2.24) is 15.2 Å². The smallest absolute Gasteiger partial charge is 0.259 e. The summed E-state index contributed by atoms with van der Waals surface area (Å²) in [5.74, 6) is 0. The molecule has 0 radical (unpaired) electrons. The molecular weight excluding hydrogens is 160 g/mol. The van der Waals surface area contributed by atoms with Gasteiger partial charge in [0.15, 0.2) is 0 Å². The molecule has 0 aliphatic heterocycles. The Morgan fingerprint density at radius 2 is 2.30 bits per heavy atom. The molecule has 0 saturated heterocycles. The second-order valence-electron chi connectivity index (χ2n) is 1.52. The van der Waals surface area contributed by atoms with Crippen LogP contribution in [0.2, 0.25) is 0 Å². The Bertz CT molecular complexity index is 326. The van der Waals surface area contributed by atoms with Crippen LogP contribution >= 0.6 is 0 Å². The van der Waals surface area contributed by atoms with Crippen molar-refractivity contribution >= 4 is 10.0 Å². The van der Waals surface area contributed by atoms with Gasteiger partial charge >= 0.3 is 0 Å². The van der Waals surface area contributed by atoms with Gasteiger partial charge < -0.3 is 5.21 Å². The van der Waals surface area contributed by atoms with E-state index in [9.17, 15) is 8.42 Å². The zero-order valence-corrected chi connectivity index (χ0v) is 5.48. The minimum absolute atomic E-state index is 0.264. The Labute approximate surface area is 56.1 Å². The third kappa shape index (κ3) is 1.22. The molecule has 3 N–H and O–H groups in total. The van der Waals surface area contributed by atoms with Crippen molar-refractivity contribution in [2.24, 2.45) is 5.14 Å². The Morgan fingerprint density at radius 3 is 2.50 bits per heavy atom. The molecule has 56 valence electrons. The maximum absolute atomic E-state index is 10.4. The van der Waals surface area contributed by atoms with Crippen LogP contribution < -0.4 is 5.14 Å². The van der Waals surface area contributed by atoms with Crippen molar-refractivity contribution in [3.05, 3.63) is 6.20 Å². The molecule has 8 heteroatoms. The number of hydrogen-bond acceptors (Lipinski definition) is 5. The molecule has 1 aromatic rings. The van der Waals surface area contributed by atoms with Gasteiger partial charge in [0.05, 0.1) is 0 Å². The SMILES string of the molecule is NS(=O)(=O)c1cn(O)nn1. The summed E-state index contributed by atoms with van der Waals surface area (Å²) in [6.45, 7) is 0. The number of nitrogens with two attached hydrogens (primary N) is 1. The Hall–Kier alpha value is -1.15. The van der Waals surface area contributed by atoms with Crippen LogP contribution in [0.15, 0.2) is 11.2 Å². The Balaban J connectivity index is 3.21. The number of sulfonamides is 1. The average molecular weight is 164 g/mol. The number of nitrogens with zero attached hydrogens (tertiary/aromatic N) is 3. The van der Waals surface area contributed by atoms with Crippen LogP contribution in [0.5, 0.6) is 0 Å². The zero-order valence-electron chi connectivity index (χ0n) is 4.67. The molecular formula is C2H4N4O3S. The lowest BCUT2D eigenvalue weighted by molar-refractivity contribution is 0.143. The third-order valence-corrected chi connectivity index (χ3v) is 1.52. The monoisotopic (exact) mass is 164 g/mol. The van der Waals surface area contributed by atoms with E-state index < -0.39 is 15.0 Å². The summed E-state index contributed by atoms with van der Waals surface area (Å²) in [6.07, 6.45) is 0.787. The highest BCUT2D eigenvalue weighted by atomic mass is 32.2. The lowest BCUT2D eigenvalue weighted by Gasteiger charge is -1.84. The van der Waals surface area contributed by atoms with Gasteiger partial charge in [-0.25, -0.2) is 13.6 Å². The summed E-state index contributed by atoms with van der Waals surface area (Å²) >= 11 is 0. The molecule has 0 bridgehead atoms. The second-order valence-corrected chi connectivity index (χ2v) is 3.03. The Kier molecular flexibility index (Phi) is 1.34. The first-order valence-corrected chi connectivity index (χ1v) is 3.69. The average Bonchev–Trinajstić information content (AvgIpc) is 2.11. The standard InChI is InChI=1S/C2H4N4O3S/c3-10(8,9)2-1-6(7)5-4-2/h1,7H,(H2,3,8,9). The molecule has 0 aliphatic rings. The van der Waals surface area contributed by atoms with Gasteiger partial charge in [-0.1, -0.05) is 4.85 Å². The van der Waals surface area contributed by atoms with Crippen LogP contribution in [-0.2, 0) is 10.0 Å². The van der Waals surface area contributed by atoms with Crippen LogP contribution in [0.4, 0.5) is 0 Å². The van der Waals surface area contributed by atoms with Gasteiger partial charge in [0, 0.05) is 0 Å². The quantitative estimate of drug-likeness (QED) is 0.474. The summed E-state index contributed by atoms with van der Waals surface area (Å²) in [5.41, 5.74) is 0. The predicted molar refractivity (Wildman–Crippen MR) is 28.6 cm³/mol. The summed E-state index contributed by atoms with van der Waals surface area (Å²) in [7, 11) is -3.84. The van der Waals surface area contributed by atoms with Gasteiger partial charge in [-0.15, -0.1) is 5.10 Å². The summed E-state index contributed by atoms with van der Waals surface area (Å²) in [6, 6.07) is 0. The maximum atomic E-state index is 10.4. The number of rotatable bonds is 1. The van der Waals surface area contributed by atoms with Gasteiger partial charge in [-0.2, -0.15) is 0 Å². The summed E-state index contributed by atoms with van der Waals surface area (Å²) in [4.78, 5) is 0.264. The molecule has 1 rings (SSSR count). The van der Waals surface area contributed by atoms with E-state index in [4.69, 9.17) is 5.21 Å². The first-order valence-electron chi connectivity index (χ1n) is 2.14. The first-order chi connectivity index (χ1) is 4.50. The maximum Gasteiger partial charge on any atom is 0.259 e. The molecule has 0 amide bonds. The van der Waals surface area contributed by atoms with Crippen LogP contribution in [0, 0.1) is 0 Å². The fraction of sp³-hybridized carbons (Fsp3) is 0. The molecule has 1 aromatic heterocycles. The van der Waals surface area contributed by atoms with Gasteiger partial charge in [0.25, 0.3) is 10.0 Å². The van der Waals surface area contributed by atoms with E-state index in [0.29, 0.717) is 0 Å². The fourth-order valence-corrected chi connectivity index (χ4v) is 0.762. The van der Waals surface area contributed by atoms with Crippen LogP contribution in [-0.4, -0.2) is 28.8 Å². The molecule has 0 atom stereocenters. The largest absolute Gasteiger partial charge is 0.410 e. The van der Waals surface area contributed by atoms with E-state index in [0.717, 1.165) is 6.20 Å². The van der Waals surface area contributed by atoms with E-state index in [2.05, 4.69) is 15.5 Å². The zero-order chi connectivity index (χ0) is 7.78. The molecule has 0 aliphatic carbocycles. The topological polar surface area (TPSA) is 111 Å². The van der Waals surface area contributed by atoms with E-state index in [1.165, 1.54) is 0 Å². The molecule has 10 heavy (non-hydrogen) atoms. The molecule has 0 fully saturated rings. The molecule has 0 saturated carbocycles. The highest BCUT2D eigenvalue weighted by Crippen LogP contribution is 1.96. The van der Waals surface area contributed by atoms with Crippen molar-refractivity contribution < 1.29 is 13.6 Å². The summed E-state index contributed by atoms with van der Waals surface area (Å²) < 4.78 is 20.8. The highest BCUT2D eigenvalue weighted by Gasteiger charge is 2.11. The van der Waals surface area contributed by atoms with E-state index in [-0.39, 0.29) is 4.85 Å². The van der Waals surface area contributed by atoms with Gasteiger partial charge in [0.1, 0.15) is 6.20 Å². The lowest BCUT2D eigenvalue weighted by atomic mass is 10.9. The van der Waals surface area contributed by atoms with E-state index >= 15 is 0 Å². The van der Waals surface area contributed by atoms with Crippen molar-refractivity contribution in [3.63, 3.8) is 0 Å². The lowest BCUT2D eigenvalue weighted by Crippen LogP contribution is -2.12. The normalized spacial score (nSPS) is 11.7. The van der Waals surface area contributed by atoms with Crippen LogP contribution in [0.25, 0.3) is 0 Å². The van der Waals surface area contributed by atoms with Gasteiger partial charge in [-0.3, -0.25) is 0 Å². The molecule has 0 spiro atoms. The second kappa shape index (κ2) is 1.92.